The first-order valence-corrected chi connectivity index (χ1v) is 7.68. The van der Waals surface area contributed by atoms with E-state index in [1.807, 2.05) is 0 Å². The van der Waals surface area contributed by atoms with Crippen molar-refractivity contribution >= 4 is 22.5 Å². The summed E-state index contributed by atoms with van der Waals surface area (Å²) in [6.45, 7) is 4.70. The van der Waals surface area contributed by atoms with Crippen LogP contribution in [-0.2, 0) is 6.42 Å². The molecule has 0 spiro atoms. The van der Waals surface area contributed by atoms with E-state index in [4.69, 9.17) is 0 Å². The lowest BCUT2D eigenvalue weighted by Gasteiger charge is -2.07. The van der Waals surface area contributed by atoms with Gasteiger partial charge in [-0.3, -0.25) is 0 Å². The molecular formula is C11H18P2. The molecule has 0 aliphatic carbocycles. The number of benzene rings is 1. The SMILES string of the molecule is CP(C)CCCc1ccccc1P. The summed E-state index contributed by atoms with van der Waals surface area (Å²) in [5.74, 6) is 0. The van der Waals surface area contributed by atoms with Crippen LogP contribution in [0.25, 0.3) is 0 Å². The molecule has 1 atom stereocenters. The van der Waals surface area contributed by atoms with Gasteiger partial charge in [0.2, 0.25) is 0 Å². The first-order chi connectivity index (χ1) is 6.20. The highest BCUT2D eigenvalue weighted by molar-refractivity contribution is 7.55. The summed E-state index contributed by atoms with van der Waals surface area (Å²) in [5, 5.41) is 1.36. The number of hydrogen-bond acceptors (Lipinski definition) is 0. The largest absolute Gasteiger partial charge is 0.113 e. The van der Waals surface area contributed by atoms with Gasteiger partial charge in [-0.05, 0) is 43.2 Å². The lowest BCUT2D eigenvalue weighted by atomic mass is 10.1. The van der Waals surface area contributed by atoms with Crippen molar-refractivity contribution in [2.75, 3.05) is 19.5 Å². The molecule has 0 nitrogen and oxygen atoms in total. The summed E-state index contributed by atoms with van der Waals surface area (Å²) in [6, 6.07) is 8.62. The highest BCUT2D eigenvalue weighted by Gasteiger charge is 1.98. The van der Waals surface area contributed by atoms with Gasteiger partial charge in [0.15, 0.2) is 0 Å². The van der Waals surface area contributed by atoms with E-state index in [2.05, 4.69) is 46.8 Å². The monoisotopic (exact) mass is 212 g/mol. The zero-order chi connectivity index (χ0) is 9.68. The molecule has 1 aromatic rings. The molecule has 0 fully saturated rings. The fraction of sp³-hybridized carbons (Fsp3) is 0.455. The van der Waals surface area contributed by atoms with Crippen LogP contribution in [0, 0.1) is 0 Å². The van der Waals surface area contributed by atoms with E-state index in [1.54, 1.807) is 0 Å². The molecule has 13 heavy (non-hydrogen) atoms. The number of rotatable bonds is 4. The van der Waals surface area contributed by atoms with E-state index in [0.717, 1.165) is 0 Å². The van der Waals surface area contributed by atoms with Gasteiger partial charge in [-0.15, -0.1) is 17.2 Å². The molecule has 1 aromatic carbocycles. The van der Waals surface area contributed by atoms with Crippen LogP contribution in [0.2, 0.25) is 0 Å². The third-order valence-corrected chi connectivity index (χ3v) is 3.88. The minimum atomic E-state index is 0.287. The fourth-order valence-electron chi connectivity index (χ4n) is 1.35. The standard InChI is InChI=1S/C11H18P2/c1-13(2)9-5-7-10-6-3-4-8-11(10)12/h3-4,6,8H,5,7,9,12H2,1-2H3. The van der Waals surface area contributed by atoms with Gasteiger partial charge in [0.1, 0.15) is 0 Å². The first kappa shape index (κ1) is 11.2. The van der Waals surface area contributed by atoms with Gasteiger partial charge in [0.25, 0.3) is 0 Å². The Hall–Kier alpha value is 0.0800. The molecule has 2 heteroatoms. The third kappa shape index (κ3) is 4.21. The molecule has 0 N–H and O–H groups in total. The summed E-state index contributed by atoms with van der Waals surface area (Å²) in [7, 11) is 3.10. The average Bonchev–Trinajstić information content (AvgIpc) is 2.08. The Bertz CT molecular complexity index is 256. The van der Waals surface area contributed by atoms with E-state index in [9.17, 15) is 0 Å². The van der Waals surface area contributed by atoms with Crippen molar-refractivity contribution in [1.82, 2.24) is 0 Å². The Labute approximate surface area is 85.1 Å². The third-order valence-electron chi connectivity index (χ3n) is 2.11. The van der Waals surface area contributed by atoms with Crippen LogP contribution in [0.15, 0.2) is 24.3 Å². The molecule has 0 bridgehead atoms. The van der Waals surface area contributed by atoms with E-state index < -0.39 is 0 Å². The highest BCUT2D eigenvalue weighted by Crippen LogP contribution is 2.25. The molecule has 0 saturated carbocycles. The van der Waals surface area contributed by atoms with Gasteiger partial charge >= 0.3 is 0 Å². The first-order valence-electron chi connectivity index (χ1n) is 4.68. The van der Waals surface area contributed by atoms with Crippen molar-refractivity contribution in [3.05, 3.63) is 29.8 Å². The molecule has 0 heterocycles. The van der Waals surface area contributed by atoms with Crippen LogP contribution in [0.1, 0.15) is 12.0 Å². The lowest BCUT2D eigenvalue weighted by Crippen LogP contribution is -2.01. The molecule has 0 radical (unpaired) electrons. The maximum atomic E-state index is 2.81. The highest BCUT2D eigenvalue weighted by atomic mass is 31.1. The van der Waals surface area contributed by atoms with Crippen molar-refractivity contribution in [2.45, 2.75) is 12.8 Å². The second-order valence-corrected chi connectivity index (χ2v) is 6.83. The van der Waals surface area contributed by atoms with Crippen LogP contribution in [0.4, 0.5) is 0 Å². The van der Waals surface area contributed by atoms with Crippen LogP contribution in [0.3, 0.4) is 0 Å². The summed E-state index contributed by atoms with van der Waals surface area (Å²) in [4.78, 5) is 0. The molecule has 1 rings (SSSR count). The van der Waals surface area contributed by atoms with E-state index in [0.29, 0.717) is 0 Å². The predicted octanol–water partition coefficient (Wildman–Crippen LogP) is 2.86. The Balaban J connectivity index is 2.41. The summed E-state index contributed by atoms with van der Waals surface area (Å²) < 4.78 is 0. The zero-order valence-corrected chi connectivity index (χ0v) is 10.5. The Morgan fingerprint density at radius 3 is 2.54 bits per heavy atom. The molecule has 72 valence electrons. The van der Waals surface area contributed by atoms with Gasteiger partial charge in [-0.2, -0.15) is 0 Å². The minimum absolute atomic E-state index is 0.287. The topological polar surface area (TPSA) is 0 Å². The van der Waals surface area contributed by atoms with E-state index in [1.165, 1.54) is 29.9 Å². The van der Waals surface area contributed by atoms with E-state index >= 15 is 0 Å². The van der Waals surface area contributed by atoms with Crippen molar-refractivity contribution in [3.8, 4) is 0 Å². The summed E-state index contributed by atoms with van der Waals surface area (Å²) in [5.41, 5.74) is 1.49. The summed E-state index contributed by atoms with van der Waals surface area (Å²) in [6.07, 6.45) is 3.97. The van der Waals surface area contributed by atoms with Crippen molar-refractivity contribution in [1.29, 1.82) is 0 Å². The van der Waals surface area contributed by atoms with Crippen molar-refractivity contribution in [2.24, 2.45) is 0 Å². The quantitative estimate of drug-likeness (QED) is 0.673. The van der Waals surface area contributed by atoms with Crippen LogP contribution in [-0.4, -0.2) is 19.5 Å². The predicted molar refractivity (Wildman–Crippen MR) is 67.7 cm³/mol. The Kier molecular flexibility index (Phi) is 4.92. The van der Waals surface area contributed by atoms with Crippen molar-refractivity contribution in [3.63, 3.8) is 0 Å². The van der Waals surface area contributed by atoms with Gasteiger partial charge in [0, 0.05) is 0 Å². The van der Waals surface area contributed by atoms with Gasteiger partial charge < -0.3 is 0 Å². The number of aryl methyl sites for hydroxylation is 1. The lowest BCUT2D eigenvalue weighted by molar-refractivity contribution is 0.935. The van der Waals surface area contributed by atoms with Crippen LogP contribution < -0.4 is 5.30 Å². The van der Waals surface area contributed by atoms with Crippen LogP contribution in [0.5, 0.6) is 0 Å². The van der Waals surface area contributed by atoms with Gasteiger partial charge in [-0.25, -0.2) is 0 Å². The maximum Gasteiger partial charge on any atom is -0.0269 e. The van der Waals surface area contributed by atoms with Crippen molar-refractivity contribution < 1.29 is 0 Å². The second kappa shape index (κ2) is 5.74. The fourth-order valence-corrected chi connectivity index (χ4v) is 2.49. The number of hydrogen-bond donors (Lipinski definition) is 0. The summed E-state index contributed by atoms with van der Waals surface area (Å²) >= 11 is 0. The van der Waals surface area contributed by atoms with Crippen LogP contribution >= 0.6 is 17.2 Å². The molecule has 1 unspecified atom stereocenters. The molecule has 0 amide bonds. The smallest absolute Gasteiger partial charge is 0.0269 e. The molecule has 0 aromatic heterocycles. The van der Waals surface area contributed by atoms with Gasteiger partial charge in [-0.1, -0.05) is 24.3 Å². The van der Waals surface area contributed by atoms with E-state index in [-0.39, 0.29) is 7.92 Å². The van der Waals surface area contributed by atoms with Gasteiger partial charge in [0.05, 0.1) is 0 Å². The maximum absolute atomic E-state index is 2.81. The second-order valence-electron chi connectivity index (χ2n) is 3.61. The normalized spacial score (nSPS) is 10.8. The zero-order valence-electron chi connectivity index (χ0n) is 8.46. The molecule has 0 aliphatic rings. The molecular weight excluding hydrogens is 194 g/mol. The minimum Gasteiger partial charge on any atom is -0.113 e. The Morgan fingerprint density at radius 1 is 1.23 bits per heavy atom. The Morgan fingerprint density at radius 2 is 1.92 bits per heavy atom. The average molecular weight is 212 g/mol. The molecule has 0 aliphatic heterocycles. The molecule has 0 saturated heterocycles.